The quantitative estimate of drug-likeness (QED) is 0.466. The van der Waals surface area contributed by atoms with Crippen molar-refractivity contribution in [3.63, 3.8) is 0 Å². The summed E-state index contributed by atoms with van der Waals surface area (Å²) in [5, 5.41) is 14.6. The predicted molar refractivity (Wildman–Crippen MR) is 66.4 cm³/mol. The van der Waals surface area contributed by atoms with E-state index in [2.05, 4.69) is 47.7 Å². The Balaban J connectivity index is 2.02. The molecule has 1 aliphatic rings. The van der Waals surface area contributed by atoms with Crippen molar-refractivity contribution in [1.82, 2.24) is 10.6 Å². The fourth-order valence-electron chi connectivity index (χ4n) is 1.78. The Morgan fingerprint density at radius 2 is 1.88 bits per heavy atom. The van der Waals surface area contributed by atoms with Gasteiger partial charge in [-0.05, 0) is 5.56 Å². The van der Waals surface area contributed by atoms with Crippen LogP contribution in [0.15, 0.2) is 29.3 Å². The second-order valence-corrected chi connectivity index (χ2v) is 3.93. The van der Waals surface area contributed by atoms with Crippen LogP contribution in [0.4, 0.5) is 0 Å². The molecular formula is C11H13BN4. The molecule has 0 spiro atoms. The molecule has 1 fully saturated rings. The minimum Gasteiger partial charge on any atom is -0.355 e. The van der Waals surface area contributed by atoms with Crippen LogP contribution in [0.3, 0.4) is 0 Å². The zero-order chi connectivity index (χ0) is 11.4. The van der Waals surface area contributed by atoms with Gasteiger partial charge in [0.15, 0.2) is 0 Å². The first-order valence-corrected chi connectivity index (χ1v) is 5.30. The van der Waals surface area contributed by atoms with E-state index in [0.717, 1.165) is 13.1 Å². The number of guanidine groups is 1. The van der Waals surface area contributed by atoms with Crippen LogP contribution >= 0.6 is 0 Å². The van der Waals surface area contributed by atoms with Gasteiger partial charge in [-0.3, -0.25) is 0 Å². The molecule has 0 aromatic heterocycles. The maximum Gasteiger partial charge on any atom is 0.209 e. The Morgan fingerprint density at radius 3 is 2.44 bits per heavy atom. The molecular weight excluding hydrogens is 199 g/mol. The molecule has 80 valence electrons. The average Bonchev–Trinajstić information content (AvgIpc) is 2.32. The normalized spacial score (nSPS) is 19.2. The standard InChI is InChI=1S/C11H13BN4/c12-10-3-1-8(2-4-10)9-5-14-11(15-6-9)16-7-13/h1-4,9H,5-6,12H2,(H2,14,15,16). The summed E-state index contributed by atoms with van der Waals surface area (Å²) in [4.78, 5) is 3.63. The molecule has 0 unspecified atom stereocenters. The van der Waals surface area contributed by atoms with Crippen molar-refractivity contribution < 1.29 is 0 Å². The van der Waals surface area contributed by atoms with Gasteiger partial charge in [0.2, 0.25) is 12.2 Å². The molecule has 0 atom stereocenters. The topological polar surface area (TPSA) is 60.2 Å². The van der Waals surface area contributed by atoms with Gasteiger partial charge in [0.1, 0.15) is 7.85 Å². The number of nitrogens with one attached hydrogen (secondary N) is 2. The van der Waals surface area contributed by atoms with Crippen LogP contribution in [-0.2, 0) is 0 Å². The van der Waals surface area contributed by atoms with Gasteiger partial charge in [-0.15, -0.1) is 4.99 Å². The van der Waals surface area contributed by atoms with E-state index >= 15 is 0 Å². The average molecular weight is 212 g/mol. The van der Waals surface area contributed by atoms with Crippen molar-refractivity contribution in [2.75, 3.05) is 13.1 Å². The lowest BCUT2D eigenvalue weighted by molar-refractivity contribution is 0.583. The third kappa shape index (κ3) is 2.34. The van der Waals surface area contributed by atoms with E-state index in [1.54, 1.807) is 6.19 Å². The van der Waals surface area contributed by atoms with Crippen LogP contribution in [0.5, 0.6) is 0 Å². The molecule has 16 heavy (non-hydrogen) atoms. The molecule has 1 saturated heterocycles. The van der Waals surface area contributed by atoms with Crippen molar-refractivity contribution in [3.05, 3.63) is 29.8 Å². The molecule has 1 aliphatic heterocycles. The second kappa shape index (κ2) is 4.71. The Labute approximate surface area is 95.8 Å². The lowest BCUT2D eigenvalue weighted by atomic mass is 9.91. The van der Waals surface area contributed by atoms with Gasteiger partial charge in [-0.1, -0.05) is 29.7 Å². The molecule has 2 rings (SSSR count). The van der Waals surface area contributed by atoms with Crippen LogP contribution in [0.2, 0.25) is 0 Å². The van der Waals surface area contributed by atoms with E-state index in [9.17, 15) is 0 Å². The summed E-state index contributed by atoms with van der Waals surface area (Å²) in [6.45, 7) is 1.63. The molecule has 0 saturated carbocycles. The Morgan fingerprint density at radius 1 is 1.25 bits per heavy atom. The SMILES string of the molecule is Bc1ccc(C2CNC(=NC#N)NC2)cc1. The zero-order valence-electron chi connectivity index (χ0n) is 9.20. The fourth-order valence-corrected chi connectivity index (χ4v) is 1.78. The van der Waals surface area contributed by atoms with E-state index in [1.807, 2.05) is 0 Å². The first-order chi connectivity index (χ1) is 7.79. The molecule has 1 heterocycles. The second-order valence-electron chi connectivity index (χ2n) is 3.93. The minimum atomic E-state index is 0.429. The number of benzene rings is 1. The van der Waals surface area contributed by atoms with Gasteiger partial charge in [-0.2, -0.15) is 5.26 Å². The summed E-state index contributed by atoms with van der Waals surface area (Å²) in [7, 11) is 2.08. The molecule has 1 aromatic rings. The number of rotatable bonds is 1. The first-order valence-electron chi connectivity index (χ1n) is 5.30. The number of nitriles is 1. The minimum absolute atomic E-state index is 0.429. The third-order valence-electron chi connectivity index (χ3n) is 2.74. The van der Waals surface area contributed by atoms with Crippen LogP contribution in [0.25, 0.3) is 0 Å². The van der Waals surface area contributed by atoms with E-state index < -0.39 is 0 Å². The number of aliphatic imine (C=N–C) groups is 1. The molecule has 0 aliphatic carbocycles. The van der Waals surface area contributed by atoms with E-state index in [4.69, 9.17) is 5.26 Å². The summed E-state index contributed by atoms with van der Waals surface area (Å²) < 4.78 is 0. The molecule has 5 heteroatoms. The van der Waals surface area contributed by atoms with Crippen molar-refractivity contribution >= 4 is 19.3 Å². The summed E-state index contributed by atoms with van der Waals surface area (Å²) in [6.07, 6.45) is 1.76. The zero-order valence-corrected chi connectivity index (χ0v) is 9.20. The molecule has 0 radical (unpaired) electrons. The molecule has 1 aromatic carbocycles. The van der Waals surface area contributed by atoms with Gasteiger partial charge in [0.25, 0.3) is 0 Å². The molecule has 2 N–H and O–H groups in total. The van der Waals surface area contributed by atoms with Crippen LogP contribution in [0, 0.1) is 11.5 Å². The summed E-state index contributed by atoms with van der Waals surface area (Å²) in [5.41, 5.74) is 2.58. The molecule has 0 bridgehead atoms. The van der Waals surface area contributed by atoms with Crippen LogP contribution in [-0.4, -0.2) is 26.9 Å². The number of nitrogens with zero attached hydrogens (tertiary/aromatic N) is 2. The third-order valence-corrected chi connectivity index (χ3v) is 2.74. The van der Waals surface area contributed by atoms with Crippen molar-refractivity contribution in [2.45, 2.75) is 5.92 Å². The Hall–Kier alpha value is -1.96. The van der Waals surface area contributed by atoms with Gasteiger partial charge >= 0.3 is 0 Å². The molecule has 4 nitrogen and oxygen atoms in total. The van der Waals surface area contributed by atoms with Gasteiger partial charge < -0.3 is 10.6 Å². The highest BCUT2D eigenvalue weighted by atomic mass is 15.2. The van der Waals surface area contributed by atoms with Gasteiger partial charge in [0, 0.05) is 19.0 Å². The maximum atomic E-state index is 8.41. The van der Waals surface area contributed by atoms with Crippen molar-refractivity contribution in [2.24, 2.45) is 4.99 Å². The predicted octanol–water partition coefficient (Wildman–Crippen LogP) is -0.942. The maximum absolute atomic E-state index is 8.41. The first kappa shape index (κ1) is 10.6. The van der Waals surface area contributed by atoms with E-state index in [0.29, 0.717) is 11.9 Å². The Kier molecular flexibility index (Phi) is 3.11. The monoisotopic (exact) mass is 212 g/mol. The summed E-state index contributed by atoms with van der Waals surface area (Å²) in [5.74, 6) is 1.00. The Bertz CT molecular complexity index is 422. The fraction of sp³-hybridized carbons (Fsp3) is 0.273. The van der Waals surface area contributed by atoms with Crippen molar-refractivity contribution in [1.29, 1.82) is 5.26 Å². The van der Waals surface area contributed by atoms with Crippen molar-refractivity contribution in [3.8, 4) is 6.19 Å². The lowest BCUT2D eigenvalue weighted by Crippen LogP contribution is -2.48. The highest BCUT2D eigenvalue weighted by Crippen LogP contribution is 2.14. The highest BCUT2D eigenvalue weighted by molar-refractivity contribution is 6.32. The summed E-state index contributed by atoms with van der Waals surface area (Å²) in [6, 6.07) is 8.54. The smallest absolute Gasteiger partial charge is 0.209 e. The van der Waals surface area contributed by atoms with Crippen LogP contribution < -0.4 is 16.1 Å². The number of hydrogen-bond donors (Lipinski definition) is 2. The lowest BCUT2D eigenvalue weighted by Gasteiger charge is -2.26. The number of hydrogen-bond acceptors (Lipinski definition) is 2. The molecule has 0 amide bonds. The largest absolute Gasteiger partial charge is 0.355 e. The van der Waals surface area contributed by atoms with Crippen LogP contribution in [0.1, 0.15) is 11.5 Å². The van der Waals surface area contributed by atoms with Gasteiger partial charge in [0.05, 0.1) is 0 Å². The van der Waals surface area contributed by atoms with E-state index in [1.165, 1.54) is 11.0 Å². The van der Waals surface area contributed by atoms with E-state index in [-0.39, 0.29) is 0 Å². The summed E-state index contributed by atoms with van der Waals surface area (Å²) >= 11 is 0. The van der Waals surface area contributed by atoms with Gasteiger partial charge in [-0.25, -0.2) is 0 Å². The highest BCUT2D eigenvalue weighted by Gasteiger charge is 2.17.